The van der Waals surface area contributed by atoms with Gasteiger partial charge in [-0.1, -0.05) is 31.5 Å². The third kappa shape index (κ3) is 5.17. The van der Waals surface area contributed by atoms with Crippen LogP contribution in [0.3, 0.4) is 0 Å². The fourth-order valence-electron chi connectivity index (χ4n) is 1.82. The van der Waals surface area contributed by atoms with Gasteiger partial charge in [-0.3, -0.25) is 4.79 Å². The van der Waals surface area contributed by atoms with Crippen molar-refractivity contribution >= 4 is 17.7 Å². The Hall–Kier alpha value is -1.00. The van der Waals surface area contributed by atoms with E-state index in [-0.39, 0.29) is 5.91 Å². The van der Waals surface area contributed by atoms with Crippen molar-refractivity contribution in [2.75, 3.05) is 12.3 Å². The van der Waals surface area contributed by atoms with Crippen LogP contribution in [-0.4, -0.2) is 28.9 Å². The summed E-state index contributed by atoms with van der Waals surface area (Å²) in [7, 11) is 0. The Kier molecular flexibility index (Phi) is 6.56. The second kappa shape index (κ2) is 7.70. The van der Waals surface area contributed by atoms with E-state index < -0.39 is 5.60 Å². The van der Waals surface area contributed by atoms with Crippen molar-refractivity contribution in [3.63, 3.8) is 0 Å². The molecule has 0 radical (unpaired) electrons. The highest BCUT2D eigenvalue weighted by Crippen LogP contribution is 2.23. The SMILES string of the molecule is CCC(O)(CC)CNC(=O)CSc1cc(C)ccc1C. The lowest BCUT2D eigenvalue weighted by atomic mass is 9.98. The average molecular weight is 295 g/mol. The summed E-state index contributed by atoms with van der Waals surface area (Å²) in [5.41, 5.74) is 1.61. The van der Waals surface area contributed by atoms with Crippen molar-refractivity contribution in [2.45, 2.75) is 51.0 Å². The van der Waals surface area contributed by atoms with Crippen LogP contribution in [0, 0.1) is 13.8 Å². The predicted molar refractivity (Wildman–Crippen MR) is 85.2 cm³/mol. The van der Waals surface area contributed by atoms with Gasteiger partial charge in [-0.05, 0) is 38.3 Å². The highest BCUT2D eigenvalue weighted by molar-refractivity contribution is 8.00. The van der Waals surface area contributed by atoms with Gasteiger partial charge in [-0.25, -0.2) is 0 Å². The zero-order valence-corrected chi connectivity index (χ0v) is 13.6. The van der Waals surface area contributed by atoms with Gasteiger partial charge in [0.2, 0.25) is 5.91 Å². The first kappa shape index (κ1) is 17.1. The number of nitrogens with one attached hydrogen (secondary N) is 1. The van der Waals surface area contributed by atoms with Crippen LogP contribution in [0.2, 0.25) is 0 Å². The average Bonchev–Trinajstić information content (AvgIpc) is 2.45. The van der Waals surface area contributed by atoms with Crippen LogP contribution in [0.1, 0.15) is 37.8 Å². The molecule has 3 nitrogen and oxygen atoms in total. The number of amides is 1. The van der Waals surface area contributed by atoms with Gasteiger partial charge in [0.1, 0.15) is 0 Å². The number of carbonyl (C=O) groups is 1. The molecule has 0 unspecified atom stereocenters. The first-order valence-electron chi connectivity index (χ1n) is 7.09. The van der Waals surface area contributed by atoms with Gasteiger partial charge < -0.3 is 10.4 Å². The van der Waals surface area contributed by atoms with E-state index in [2.05, 4.69) is 23.5 Å². The Balaban J connectivity index is 2.46. The van der Waals surface area contributed by atoms with Crippen LogP contribution >= 0.6 is 11.8 Å². The third-order valence-corrected chi connectivity index (χ3v) is 4.79. The maximum atomic E-state index is 11.8. The van der Waals surface area contributed by atoms with E-state index in [1.165, 1.54) is 11.1 Å². The molecule has 0 aliphatic rings. The van der Waals surface area contributed by atoms with Gasteiger partial charge in [-0.2, -0.15) is 0 Å². The Labute approximate surface area is 126 Å². The molecule has 0 aliphatic heterocycles. The fourth-order valence-corrected chi connectivity index (χ4v) is 2.77. The second-order valence-corrected chi connectivity index (χ2v) is 6.28. The van der Waals surface area contributed by atoms with Crippen molar-refractivity contribution < 1.29 is 9.90 Å². The number of thioether (sulfide) groups is 1. The topological polar surface area (TPSA) is 49.3 Å². The summed E-state index contributed by atoms with van der Waals surface area (Å²) in [5, 5.41) is 12.9. The summed E-state index contributed by atoms with van der Waals surface area (Å²) in [4.78, 5) is 13.0. The molecule has 20 heavy (non-hydrogen) atoms. The number of aliphatic hydroxyl groups is 1. The predicted octanol–water partition coefficient (Wildman–Crippen LogP) is 3.06. The van der Waals surface area contributed by atoms with E-state index in [1.54, 1.807) is 11.8 Å². The van der Waals surface area contributed by atoms with Crippen LogP contribution in [0.5, 0.6) is 0 Å². The molecule has 0 saturated heterocycles. The maximum Gasteiger partial charge on any atom is 0.230 e. The summed E-state index contributed by atoms with van der Waals surface area (Å²) < 4.78 is 0. The summed E-state index contributed by atoms with van der Waals surface area (Å²) in [5.74, 6) is 0.351. The van der Waals surface area contributed by atoms with Crippen molar-refractivity contribution in [2.24, 2.45) is 0 Å². The Morgan fingerprint density at radius 3 is 2.55 bits per heavy atom. The number of benzene rings is 1. The van der Waals surface area contributed by atoms with E-state index in [9.17, 15) is 9.90 Å². The van der Waals surface area contributed by atoms with Crippen molar-refractivity contribution in [3.05, 3.63) is 29.3 Å². The standard InChI is InChI=1S/C16H25NO2S/c1-5-16(19,6-2)11-17-15(18)10-20-14-9-12(3)7-8-13(14)4/h7-9,19H,5-6,10-11H2,1-4H3,(H,17,18). The van der Waals surface area contributed by atoms with Crippen LogP contribution in [0.15, 0.2) is 23.1 Å². The molecule has 0 saturated carbocycles. The molecule has 1 amide bonds. The molecule has 0 atom stereocenters. The number of aryl methyl sites for hydroxylation is 2. The van der Waals surface area contributed by atoms with Crippen molar-refractivity contribution in [3.8, 4) is 0 Å². The zero-order chi connectivity index (χ0) is 15.2. The molecule has 0 aromatic heterocycles. The molecule has 1 aromatic rings. The molecular weight excluding hydrogens is 270 g/mol. The van der Waals surface area contributed by atoms with E-state index in [4.69, 9.17) is 0 Å². The van der Waals surface area contributed by atoms with Gasteiger partial charge in [-0.15, -0.1) is 11.8 Å². The van der Waals surface area contributed by atoms with Crippen LogP contribution < -0.4 is 5.32 Å². The minimum absolute atomic E-state index is 0.0313. The smallest absolute Gasteiger partial charge is 0.230 e. The summed E-state index contributed by atoms with van der Waals surface area (Å²) in [6.07, 6.45) is 1.29. The second-order valence-electron chi connectivity index (χ2n) is 5.27. The molecule has 0 heterocycles. The van der Waals surface area contributed by atoms with Crippen LogP contribution in [0.25, 0.3) is 0 Å². The molecular formula is C16H25NO2S. The number of hydrogen-bond acceptors (Lipinski definition) is 3. The zero-order valence-electron chi connectivity index (χ0n) is 12.8. The lowest BCUT2D eigenvalue weighted by Crippen LogP contribution is -2.42. The number of rotatable bonds is 7. The van der Waals surface area contributed by atoms with E-state index in [1.807, 2.05) is 27.7 Å². The molecule has 0 fully saturated rings. The van der Waals surface area contributed by atoms with Gasteiger partial charge in [0.25, 0.3) is 0 Å². The molecule has 0 spiro atoms. The van der Waals surface area contributed by atoms with Crippen molar-refractivity contribution in [1.29, 1.82) is 0 Å². The largest absolute Gasteiger partial charge is 0.388 e. The normalized spacial score (nSPS) is 11.4. The summed E-state index contributed by atoms with van der Waals surface area (Å²) in [6.45, 7) is 8.28. The fraction of sp³-hybridized carbons (Fsp3) is 0.562. The molecule has 0 aliphatic carbocycles. The van der Waals surface area contributed by atoms with Gasteiger partial charge in [0.05, 0.1) is 11.4 Å². The quantitative estimate of drug-likeness (QED) is 0.760. The van der Waals surface area contributed by atoms with Crippen molar-refractivity contribution in [1.82, 2.24) is 5.32 Å². The summed E-state index contributed by atoms with van der Waals surface area (Å²) >= 11 is 1.54. The number of hydrogen-bond donors (Lipinski definition) is 2. The first-order chi connectivity index (χ1) is 9.40. The molecule has 2 N–H and O–H groups in total. The van der Waals surface area contributed by atoms with Gasteiger partial charge >= 0.3 is 0 Å². The first-order valence-corrected chi connectivity index (χ1v) is 8.08. The Morgan fingerprint density at radius 1 is 1.30 bits per heavy atom. The van der Waals surface area contributed by atoms with E-state index in [0.29, 0.717) is 25.1 Å². The molecule has 4 heteroatoms. The highest BCUT2D eigenvalue weighted by atomic mass is 32.2. The summed E-state index contributed by atoms with van der Waals surface area (Å²) in [6, 6.07) is 6.24. The van der Waals surface area contributed by atoms with E-state index >= 15 is 0 Å². The molecule has 0 bridgehead atoms. The maximum absolute atomic E-state index is 11.8. The molecule has 112 valence electrons. The Bertz CT molecular complexity index is 456. The van der Waals surface area contributed by atoms with Crippen LogP contribution in [-0.2, 0) is 4.79 Å². The minimum Gasteiger partial charge on any atom is -0.388 e. The lowest BCUT2D eigenvalue weighted by Gasteiger charge is -2.25. The van der Waals surface area contributed by atoms with E-state index in [0.717, 1.165) is 4.90 Å². The molecule has 1 rings (SSSR count). The number of carbonyl (C=O) groups excluding carboxylic acids is 1. The van der Waals surface area contributed by atoms with Gasteiger partial charge in [0, 0.05) is 11.4 Å². The third-order valence-electron chi connectivity index (χ3n) is 3.63. The lowest BCUT2D eigenvalue weighted by molar-refractivity contribution is -0.119. The highest BCUT2D eigenvalue weighted by Gasteiger charge is 2.22. The van der Waals surface area contributed by atoms with Gasteiger partial charge in [0.15, 0.2) is 0 Å². The van der Waals surface area contributed by atoms with Crippen LogP contribution in [0.4, 0.5) is 0 Å². The molecule has 1 aromatic carbocycles. The monoisotopic (exact) mass is 295 g/mol. The minimum atomic E-state index is -0.778. The Morgan fingerprint density at radius 2 is 1.95 bits per heavy atom.